The van der Waals surface area contributed by atoms with Crippen molar-refractivity contribution in [2.75, 3.05) is 5.32 Å². The first kappa shape index (κ1) is 17.8. The number of amides is 1. The summed E-state index contributed by atoms with van der Waals surface area (Å²) in [6, 6.07) is 19.5. The van der Waals surface area contributed by atoms with Crippen molar-refractivity contribution in [2.45, 2.75) is 39.5 Å². The van der Waals surface area contributed by atoms with E-state index in [4.69, 9.17) is 0 Å². The second kappa shape index (κ2) is 8.93. The predicted molar refractivity (Wildman–Crippen MR) is 101 cm³/mol. The maximum Gasteiger partial charge on any atom is 0.242 e. The Balaban J connectivity index is 2.31. The summed E-state index contributed by atoms with van der Waals surface area (Å²) in [4.78, 5) is 13.0. The molecule has 0 aliphatic carbocycles. The minimum absolute atomic E-state index is 0.000770. The Morgan fingerprint density at radius 1 is 0.917 bits per heavy atom. The molecule has 0 fully saturated rings. The van der Waals surface area contributed by atoms with Gasteiger partial charge in [-0.25, -0.2) is 0 Å². The maximum atomic E-state index is 13.0. The first-order chi connectivity index (χ1) is 11.7. The molecule has 24 heavy (non-hydrogen) atoms. The average Bonchev–Trinajstić information content (AvgIpc) is 2.62. The van der Waals surface area contributed by atoms with Gasteiger partial charge in [0, 0.05) is 11.3 Å². The summed E-state index contributed by atoms with van der Waals surface area (Å²) < 4.78 is 0. The van der Waals surface area contributed by atoms with Crippen molar-refractivity contribution in [1.82, 2.24) is 0 Å². The highest BCUT2D eigenvalue weighted by atomic mass is 16.2. The second-order valence-electron chi connectivity index (χ2n) is 6.02. The minimum atomic E-state index is -0.644. The summed E-state index contributed by atoms with van der Waals surface area (Å²) in [5.41, 5.74) is 1.12. The van der Waals surface area contributed by atoms with Crippen LogP contribution in [0.15, 0.2) is 60.7 Å². The molecule has 0 saturated heterocycles. The zero-order valence-electron chi connectivity index (χ0n) is 14.5. The smallest absolute Gasteiger partial charge is 0.242 e. The van der Waals surface area contributed by atoms with Gasteiger partial charge in [0.2, 0.25) is 5.91 Å². The lowest BCUT2D eigenvalue weighted by Crippen LogP contribution is -2.35. The third kappa shape index (κ3) is 4.73. The molecule has 0 heterocycles. The van der Waals surface area contributed by atoms with Crippen LogP contribution in [-0.4, -0.2) is 5.91 Å². The lowest BCUT2D eigenvalue weighted by atomic mass is 9.78. The highest BCUT2D eigenvalue weighted by Crippen LogP contribution is 2.31. The molecule has 0 bridgehead atoms. The summed E-state index contributed by atoms with van der Waals surface area (Å²) in [6.45, 7) is 4.20. The van der Waals surface area contributed by atoms with Gasteiger partial charge < -0.3 is 5.32 Å². The molecule has 0 aliphatic rings. The van der Waals surface area contributed by atoms with Crippen LogP contribution in [0.25, 0.3) is 0 Å². The van der Waals surface area contributed by atoms with Crippen LogP contribution in [0.5, 0.6) is 0 Å². The molecular weight excluding hydrogens is 294 g/mol. The van der Waals surface area contributed by atoms with Crippen molar-refractivity contribution in [2.24, 2.45) is 5.41 Å². The second-order valence-corrected chi connectivity index (χ2v) is 6.02. The van der Waals surface area contributed by atoms with Crippen LogP contribution in [0.2, 0.25) is 0 Å². The van der Waals surface area contributed by atoms with E-state index in [0.717, 1.165) is 36.9 Å². The highest BCUT2D eigenvalue weighted by Gasteiger charge is 2.35. The van der Waals surface area contributed by atoms with Crippen molar-refractivity contribution in [3.8, 4) is 11.8 Å². The van der Waals surface area contributed by atoms with Gasteiger partial charge in [-0.15, -0.1) is 0 Å². The molecule has 124 valence electrons. The van der Waals surface area contributed by atoms with Gasteiger partial charge in [0.05, 0.1) is 0 Å². The summed E-state index contributed by atoms with van der Waals surface area (Å²) in [7, 11) is 0. The number of anilines is 1. The number of carbonyl (C=O) groups excluding carboxylic acids is 1. The normalized spacial score (nSPS) is 10.6. The SMILES string of the molecule is CCCC(C#Cc1ccccc1)(CCC)C(=O)Nc1ccccc1. The standard InChI is InChI=1S/C22H25NO/c1-3-16-22(17-4-2,18-15-19-11-7-5-8-12-19)21(24)23-20-13-9-6-10-14-20/h5-14H,3-4,16-17H2,1-2H3,(H,23,24). The Morgan fingerprint density at radius 3 is 2.00 bits per heavy atom. The van der Waals surface area contributed by atoms with Crippen LogP contribution in [0.3, 0.4) is 0 Å². The van der Waals surface area contributed by atoms with Gasteiger partial charge in [0.25, 0.3) is 0 Å². The van der Waals surface area contributed by atoms with E-state index in [0.29, 0.717) is 0 Å². The first-order valence-electron chi connectivity index (χ1n) is 8.65. The summed E-state index contributed by atoms with van der Waals surface area (Å²) in [5, 5.41) is 3.05. The molecule has 1 N–H and O–H groups in total. The monoisotopic (exact) mass is 319 g/mol. The van der Waals surface area contributed by atoms with E-state index in [2.05, 4.69) is 31.0 Å². The third-order valence-electron chi connectivity index (χ3n) is 4.04. The van der Waals surface area contributed by atoms with Gasteiger partial charge in [-0.05, 0) is 37.1 Å². The summed E-state index contributed by atoms with van der Waals surface area (Å²) >= 11 is 0. The molecule has 2 aromatic rings. The van der Waals surface area contributed by atoms with Gasteiger partial charge >= 0.3 is 0 Å². The Kier molecular flexibility index (Phi) is 6.63. The Bertz CT molecular complexity index is 689. The third-order valence-corrected chi connectivity index (χ3v) is 4.04. The number of hydrogen-bond acceptors (Lipinski definition) is 1. The molecule has 0 aliphatic heterocycles. The number of para-hydroxylation sites is 1. The van der Waals surface area contributed by atoms with E-state index in [1.807, 2.05) is 60.7 Å². The highest BCUT2D eigenvalue weighted by molar-refractivity contribution is 5.97. The van der Waals surface area contributed by atoms with Crippen molar-refractivity contribution >= 4 is 11.6 Å². The van der Waals surface area contributed by atoms with Crippen molar-refractivity contribution in [1.29, 1.82) is 0 Å². The molecule has 2 rings (SSSR count). The molecule has 0 aromatic heterocycles. The number of rotatable bonds is 6. The van der Waals surface area contributed by atoms with E-state index in [9.17, 15) is 4.79 Å². The zero-order chi connectivity index (χ0) is 17.3. The van der Waals surface area contributed by atoms with Crippen LogP contribution in [0.1, 0.15) is 45.1 Å². The fourth-order valence-corrected chi connectivity index (χ4v) is 2.87. The lowest BCUT2D eigenvalue weighted by Gasteiger charge is -2.26. The fraction of sp³-hybridized carbons (Fsp3) is 0.318. The Hall–Kier alpha value is -2.53. The number of hydrogen-bond donors (Lipinski definition) is 1. The van der Waals surface area contributed by atoms with Crippen molar-refractivity contribution in [3.05, 3.63) is 66.2 Å². The zero-order valence-corrected chi connectivity index (χ0v) is 14.5. The topological polar surface area (TPSA) is 29.1 Å². The quantitative estimate of drug-likeness (QED) is 0.723. The van der Waals surface area contributed by atoms with E-state index in [1.165, 1.54) is 0 Å². The molecule has 2 aromatic carbocycles. The van der Waals surface area contributed by atoms with E-state index in [1.54, 1.807) is 0 Å². The van der Waals surface area contributed by atoms with Crippen molar-refractivity contribution in [3.63, 3.8) is 0 Å². The average molecular weight is 319 g/mol. The maximum absolute atomic E-state index is 13.0. The van der Waals surface area contributed by atoms with Crippen LogP contribution in [0, 0.1) is 17.3 Å². The lowest BCUT2D eigenvalue weighted by molar-refractivity contribution is -0.123. The van der Waals surface area contributed by atoms with Gasteiger partial charge in [0.1, 0.15) is 5.41 Å². The van der Waals surface area contributed by atoms with Gasteiger partial charge in [-0.2, -0.15) is 0 Å². The molecule has 2 nitrogen and oxygen atoms in total. The van der Waals surface area contributed by atoms with Crippen LogP contribution in [-0.2, 0) is 4.79 Å². The molecule has 2 heteroatoms. The van der Waals surface area contributed by atoms with E-state index >= 15 is 0 Å². The van der Waals surface area contributed by atoms with Gasteiger partial charge in [-0.1, -0.05) is 74.9 Å². The molecule has 0 saturated carbocycles. The molecule has 0 radical (unpaired) electrons. The molecule has 1 amide bonds. The first-order valence-corrected chi connectivity index (χ1v) is 8.65. The summed E-state index contributed by atoms with van der Waals surface area (Å²) in [5.74, 6) is 6.52. The van der Waals surface area contributed by atoms with Crippen LogP contribution in [0.4, 0.5) is 5.69 Å². The number of benzene rings is 2. The minimum Gasteiger partial charge on any atom is -0.325 e. The molecule has 0 unspecified atom stereocenters. The van der Waals surface area contributed by atoms with Gasteiger partial charge in [0.15, 0.2) is 0 Å². The number of nitrogens with one attached hydrogen (secondary N) is 1. The van der Waals surface area contributed by atoms with Crippen LogP contribution >= 0.6 is 0 Å². The largest absolute Gasteiger partial charge is 0.325 e. The van der Waals surface area contributed by atoms with E-state index in [-0.39, 0.29) is 5.91 Å². The van der Waals surface area contributed by atoms with Crippen LogP contribution < -0.4 is 5.32 Å². The molecule has 0 spiro atoms. The Labute approximate surface area is 145 Å². The van der Waals surface area contributed by atoms with Gasteiger partial charge in [-0.3, -0.25) is 4.79 Å². The predicted octanol–water partition coefficient (Wildman–Crippen LogP) is 5.26. The molecule has 0 atom stereocenters. The van der Waals surface area contributed by atoms with Crippen molar-refractivity contribution < 1.29 is 4.79 Å². The summed E-state index contributed by atoms with van der Waals surface area (Å²) in [6.07, 6.45) is 3.37. The molecular formula is C22H25NO. The Morgan fingerprint density at radius 2 is 1.46 bits per heavy atom. The number of carbonyl (C=O) groups is 1. The fourth-order valence-electron chi connectivity index (χ4n) is 2.87. The van der Waals surface area contributed by atoms with E-state index < -0.39 is 5.41 Å².